The van der Waals surface area contributed by atoms with Crippen LogP contribution in [0.4, 0.5) is 0 Å². The van der Waals surface area contributed by atoms with E-state index in [0.29, 0.717) is 47.5 Å². The van der Waals surface area contributed by atoms with Crippen LogP contribution in [0.1, 0.15) is 38.3 Å². The van der Waals surface area contributed by atoms with E-state index >= 15 is 0 Å². The molecule has 0 unspecified atom stereocenters. The molecule has 43 heavy (non-hydrogen) atoms. The SMILES string of the molecule is COc1cccc(CNC(=O)c2ccccc2-c2ccccc2C(=O)N(CCC(=O)O)CCc2c[nH]c3ccccc23)c1. The third kappa shape index (κ3) is 6.93. The van der Waals surface area contributed by atoms with Crippen LogP contribution in [-0.2, 0) is 17.8 Å². The summed E-state index contributed by atoms with van der Waals surface area (Å²) in [4.78, 5) is 43.8. The van der Waals surface area contributed by atoms with Crippen molar-refractivity contribution in [3.05, 3.63) is 126 Å². The van der Waals surface area contributed by atoms with Gasteiger partial charge in [-0.25, -0.2) is 0 Å². The summed E-state index contributed by atoms with van der Waals surface area (Å²) >= 11 is 0. The highest BCUT2D eigenvalue weighted by molar-refractivity contribution is 6.06. The van der Waals surface area contributed by atoms with E-state index in [-0.39, 0.29) is 24.8 Å². The minimum atomic E-state index is -0.976. The van der Waals surface area contributed by atoms with Crippen molar-refractivity contribution in [3.63, 3.8) is 0 Å². The summed E-state index contributed by atoms with van der Waals surface area (Å²) in [6.45, 7) is 0.709. The molecule has 0 atom stereocenters. The quantitative estimate of drug-likeness (QED) is 0.171. The van der Waals surface area contributed by atoms with Gasteiger partial charge in [0.2, 0.25) is 0 Å². The number of carbonyl (C=O) groups excluding carboxylic acids is 2. The third-order valence-electron chi connectivity index (χ3n) is 7.42. The maximum Gasteiger partial charge on any atom is 0.305 e. The summed E-state index contributed by atoms with van der Waals surface area (Å²) in [5, 5.41) is 13.5. The number of methoxy groups -OCH3 is 1. The number of nitrogens with zero attached hydrogens (tertiary/aromatic N) is 1. The molecule has 2 amide bonds. The molecule has 1 heterocycles. The van der Waals surface area contributed by atoms with Gasteiger partial charge in [0.1, 0.15) is 5.75 Å². The van der Waals surface area contributed by atoms with Gasteiger partial charge in [-0.1, -0.05) is 66.7 Å². The zero-order valence-electron chi connectivity index (χ0n) is 23.9. The van der Waals surface area contributed by atoms with Crippen LogP contribution in [-0.4, -0.2) is 53.0 Å². The first-order chi connectivity index (χ1) is 20.9. The maximum absolute atomic E-state index is 14.0. The molecule has 0 spiro atoms. The van der Waals surface area contributed by atoms with Crippen molar-refractivity contribution in [2.45, 2.75) is 19.4 Å². The Balaban J connectivity index is 1.40. The molecule has 1 aromatic heterocycles. The van der Waals surface area contributed by atoms with Gasteiger partial charge in [-0.2, -0.15) is 0 Å². The van der Waals surface area contributed by atoms with E-state index in [1.165, 1.54) is 0 Å². The van der Waals surface area contributed by atoms with Crippen LogP contribution in [0.5, 0.6) is 5.75 Å². The van der Waals surface area contributed by atoms with E-state index in [9.17, 15) is 19.5 Å². The number of benzene rings is 4. The Bertz CT molecular complexity index is 1760. The van der Waals surface area contributed by atoms with Crippen LogP contribution >= 0.6 is 0 Å². The number of carbonyl (C=O) groups is 3. The molecule has 0 saturated carbocycles. The summed E-state index contributed by atoms with van der Waals surface area (Å²) in [5.74, 6) is -0.834. The second kappa shape index (κ2) is 13.5. The first-order valence-corrected chi connectivity index (χ1v) is 14.1. The normalized spacial score (nSPS) is 10.8. The topological polar surface area (TPSA) is 112 Å². The predicted molar refractivity (Wildman–Crippen MR) is 166 cm³/mol. The van der Waals surface area contributed by atoms with Crippen molar-refractivity contribution in [1.82, 2.24) is 15.2 Å². The second-order valence-electron chi connectivity index (χ2n) is 10.2. The number of amides is 2. The van der Waals surface area contributed by atoms with Crippen molar-refractivity contribution in [2.24, 2.45) is 0 Å². The summed E-state index contributed by atoms with van der Waals surface area (Å²) in [7, 11) is 1.59. The molecule has 0 bridgehead atoms. The lowest BCUT2D eigenvalue weighted by Gasteiger charge is -2.24. The number of fused-ring (bicyclic) bond motifs is 1. The smallest absolute Gasteiger partial charge is 0.305 e. The van der Waals surface area contributed by atoms with E-state index in [1.807, 2.05) is 79.0 Å². The maximum atomic E-state index is 14.0. The van der Waals surface area contributed by atoms with Gasteiger partial charge in [-0.15, -0.1) is 0 Å². The average molecular weight is 576 g/mol. The van der Waals surface area contributed by atoms with Gasteiger partial charge in [0.25, 0.3) is 11.8 Å². The molecule has 0 aliphatic carbocycles. The average Bonchev–Trinajstić information content (AvgIpc) is 3.46. The number of hydrogen-bond acceptors (Lipinski definition) is 4. The number of aliphatic carboxylic acids is 1. The van der Waals surface area contributed by atoms with Gasteiger partial charge in [0.05, 0.1) is 13.5 Å². The number of hydrogen-bond donors (Lipinski definition) is 3. The van der Waals surface area contributed by atoms with Crippen molar-refractivity contribution < 1.29 is 24.2 Å². The number of para-hydroxylation sites is 1. The highest BCUT2D eigenvalue weighted by Crippen LogP contribution is 2.29. The molecule has 5 rings (SSSR count). The number of rotatable bonds is 12. The van der Waals surface area contributed by atoms with Crippen molar-refractivity contribution in [1.29, 1.82) is 0 Å². The molecule has 8 nitrogen and oxygen atoms in total. The molecule has 0 saturated heterocycles. The van der Waals surface area contributed by atoms with Crippen LogP contribution in [0.3, 0.4) is 0 Å². The highest BCUT2D eigenvalue weighted by atomic mass is 16.5. The largest absolute Gasteiger partial charge is 0.497 e. The molecule has 0 aliphatic heterocycles. The van der Waals surface area contributed by atoms with E-state index in [2.05, 4.69) is 10.3 Å². The second-order valence-corrected chi connectivity index (χ2v) is 10.2. The molecule has 8 heteroatoms. The first-order valence-electron chi connectivity index (χ1n) is 14.1. The fourth-order valence-corrected chi connectivity index (χ4v) is 5.19. The highest BCUT2D eigenvalue weighted by Gasteiger charge is 2.23. The molecule has 3 N–H and O–H groups in total. The minimum Gasteiger partial charge on any atom is -0.497 e. The van der Waals surface area contributed by atoms with E-state index in [1.54, 1.807) is 36.3 Å². The van der Waals surface area contributed by atoms with Gasteiger partial charge in [-0.05, 0) is 59.0 Å². The minimum absolute atomic E-state index is 0.0630. The molecular formula is C35H33N3O5. The summed E-state index contributed by atoms with van der Waals surface area (Å²) in [6, 6.07) is 29.7. The van der Waals surface area contributed by atoms with Gasteiger partial charge >= 0.3 is 5.97 Å². The number of H-pyrrole nitrogens is 1. The number of aromatic amines is 1. The van der Waals surface area contributed by atoms with Crippen molar-refractivity contribution in [2.75, 3.05) is 20.2 Å². The van der Waals surface area contributed by atoms with Crippen LogP contribution in [0.2, 0.25) is 0 Å². The van der Waals surface area contributed by atoms with E-state index in [4.69, 9.17) is 4.74 Å². The lowest BCUT2D eigenvalue weighted by Crippen LogP contribution is -2.35. The number of nitrogens with one attached hydrogen (secondary N) is 2. The number of ether oxygens (including phenoxy) is 1. The summed E-state index contributed by atoms with van der Waals surface area (Å²) in [5.41, 5.74) is 5.01. The van der Waals surface area contributed by atoms with Crippen molar-refractivity contribution in [3.8, 4) is 16.9 Å². The van der Waals surface area contributed by atoms with Gasteiger partial charge in [-0.3, -0.25) is 14.4 Å². The fraction of sp³-hybridized carbons (Fsp3) is 0.171. The Morgan fingerprint density at radius 3 is 2.30 bits per heavy atom. The monoisotopic (exact) mass is 575 g/mol. The van der Waals surface area contributed by atoms with Crippen LogP contribution < -0.4 is 10.1 Å². The Morgan fingerprint density at radius 1 is 0.837 bits per heavy atom. The van der Waals surface area contributed by atoms with Gasteiger partial charge in [0.15, 0.2) is 0 Å². The lowest BCUT2D eigenvalue weighted by molar-refractivity contribution is -0.137. The Morgan fingerprint density at radius 2 is 1.53 bits per heavy atom. The summed E-state index contributed by atoms with van der Waals surface area (Å²) in [6.07, 6.45) is 2.31. The first kappa shape index (κ1) is 29.1. The van der Waals surface area contributed by atoms with Crippen LogP contribution in [0.15, 0.2) is 103 Å². The van der Waals surface area contributed by atoms with Crippen LogP contribution in [0, 0.1) is 0 Å². The zero-order valence-corrected chi connectivity index (χ0v) is 23.9. The van der Waals surface area contributed by atoms with Crippen LogP contribution in [0.25, 0.3) is 22.0 Å². The molecule has 0 radical (unpaired) electrons. The third-order valence-corrected chi connectivity index (χ3v) is 7.42. The molecule has 218 valence electrons. The fourth-order valence-electron chi connectivity index (χ4n) is 5.19. The Hall–Kier alpha value is -5.37. The van der Waals surface area contributed by atoms with E-state index in [0.717, 1.165) is 22.0 Å². The molecule has 4 aromatic carbocycles. The lowest BCUT2D eigenvalue weighted by atomic mass is 9.94. The molecule has 0 fully saturated rings. The van der Waals surface area contributed by atoms with Gasteiger partial charge in [0, 0.05) is 47.9 Å². The number of carboxylic acids is 1. The number of aromatic nitrogens is 1. The summed E-state index contributed by atoms with van der Waals surface area (Å²) < 4.78 is 5.28. The predicted octanol–water partition coefficient (Wildman–Crippen LogP) is 5.93. The van der Waals surface area contributed by atoms with E-state index < -0.39 is 5.97 Å². The standard InChI is InChI=1S/C35H33N3O5/c1-43-26-10-8-9-24(21-26)22-37-34(41)30-14-4-2-12-28(30)29-13-3-5-15-31(29)35(42)38(20-18-33(39)40)19-17-25-23-36-32-16-7-6-11-27(25)32/h2-16,21,23,36H,17-20,22H2,1H3,(H,37,41)(H,39,40). The van der Waals surface area contributed by atoms with Gasteiger partial charge < -0.3 is 25.0 Å². The Labute approximate surface area is 249 Å². The van der Waals surface area contributed by atoms with Crippen molar-refractivity contribution >= 4 is 28.7 Å². The molecular weight excluding hydrogens is 542 g/mol. The molecule has 5 aromatic rings. The molecule has 0 aliphatic rings. The zero-order chi connectivity index (χ0) is 30.2. The number of carboxylic acid groups (broad SMARTS) is 1. The Kier molecular flexibility index (Phi) is 9.17.